The minimum Gasteiger partial charge on any atom is -0.342 e. The van der Waals surface area contributed by atoms with Gasteiger partial charge in [0.2, 0.25) is 5.91 Å². The van der Waals surface area contributed by atoms with Gasteiger partial charge in [-0.15, -0.1) is 0 Å². The normalized spacial score (nSPS) is 14.4. The van der Waals surface area contributed by atoms with Crippen LogP contribution in [0.1, 0.15) is 12.8 Å². The average Bonchev–Trinajstić information content (AvgIpc) is 3.29. The molecule has 3 aromatic rings. The second kappa shape index (κ2) is 6.65. The lowest BCUT2D eigenvalue weighted by Crippen LogP contribution is -2.29. The first-order valence-electron chi connectivity index (χ1n) is 8.12. The minimum atomic E-state index is 0.204. The molecule has 1 saturated heterocycles. The standard InChI is InChI=1S/C18H18N4OS/c23-18(21-10-4-5-11-21)13-24-17-9-8-16-19-15(12-22(16)20-17)14-6-2-1-3-7-14/h1-3,6-9,12H,4-5,10-11,13H2. The van der Waals surface area contributed by atoms with Crippen LogP contribution in [0.25, 0.3) is 16.9 Å². The Labute approximate surface area is 144 Å². The van der Waals surface area contributed by atoms with Gasteiger partial charge in [0, 0.05) is 18.7 Å². The molecule has 0 aliphatic carbocycles. The van der Waals surface area contributed by atoms with Crippen LogP contribution in [-0.2, 0) is 4.79 Å². The highest BCUT2D eigenvalue weighted by Crippen LogP contribution is 2.21. The van der Waals surface area contributed by atoms with E-state index in [2.05, 4.69) is 10.1 Å². The summed E-state index contributed by atoms with van der Waals surface area (Å²) in [5.74, 6) is 0.647. The number of thioether (sulfide) groups is 1. The Bertz CT molecular complexity index is 856. The van der Waals surface area contributed by atoms with Crippen LogP contribution in [-0.4, -0.2) is 44.2 Å². The number of aromatic nitrogens is 3. The van der Waals surface area contributed by atoms with Crippen molar-refractivity contribution in [2.24, 2.45) is 0 Å². The van der Waals surface area contributed by atoms with E-state index >= 15 is 0 Å². The minimum absolute atomic E-state index is 0.204. The number of hydrogen-bond acceptors (Lipinski definition) is 4. The first kappa shape index (κ1) is 15.2. The number of rotatable bonds is 4. The third kappa shape index (κ3) is 3.14. The maximum absolute atomic E-state index is 12.1. The van der Waals surface area contributed by atoms with Crippen molar-refractivity contribution in [2.75, 3.05) is 18.8 Å². The highest BCUT2D eigenvalue weighted by Gasteiger charge is 2.18. The molecule has 0 saturated carbocycles. The highest BCUT2D eigenvalue weighted by atomic mass is 32.2. The Hall–Kier alpha value is -2.34. The van der Waals surface area contributed by atoms with Crippen LogP contribution >= 0.6 is 11.8 Å². The number of carbonyl (C=O) groups excluding carboxylic acids is 1. The van der Waals surface area contributed by atoms with Crippen LogP contribution in [0, 0.1) is 0 Å². The molecule has 1 aliphatic rings. The first-order chi connectivity index (χ1) is 11.8. The molecule has 122 valence electrons. The molecule has 6 heteroatoms. The number of hydrogen-bond donors (Lipinski definition) is 0. The fourth-order valence-electron chi connectivity index (χ4n) is 2.88. The third-order valence-corrected chi connectivity index (χ3v) is 5.07. The molecule has 3 heterocycles. The number of imidazole rings is 1. The Morgan fingerprint density at radius 2 is 1.88 bits per heavy atom. The SMILES string of the molecule is O=C(CSc1ccc2nc(-c3ccccc3)cn2n1)N1CCCC1. The van der Waals surface area contributed by atoms with Crippen molar-refractivity contribution >= 4 is 23.3 Å². The summed E-state index contributed by atoms with van der Waals surface area (Å²) in [4.78, 5) is 18.7. The third-order valence-electron chi connectivity index (χ3n) is 4.17. The highest BCUT2D eigenvalue weighted by molar-refractivity contribution is 7.99. The lowest BCUT2D eigenvalue weighted by molar-refractivity contribution is -0.127. The summed E-state index contributed by atoms with van der Waals surface area (Å²) in [6, 6.07) is 13.9. The van der Waals surface area contributed by atoms with Gasteiger partial charge in [-0.1, -0.05) is 42.1 Å². The summed E-state index contributed by atoms with van der Waals surface area (Å²) in [6.45, 7) is 1.79. The molecule has 4 rings (SSSR count). The van der Waals surface area contributed by atoms with Crippen LogP contribution in [0.5, 0.6) is 0 Å². The first-order valence-corrected chi connectivity index (χ1v) is 9.10. The Morgan fingerprint density at radius 1 is 1.08 bits per heavy atom. The summed E-state index contributed by atoms with van der Waals surface area (Å²) >= 11 is 1.48. The smallest absolute Gasteiger partial charge is 0.232 e. The molecule has 0 unspecified atom stereocenters. The van der Waals surface area contributed by atoms with Gasteiger partial charge in [-0.3, -0.25) is 4.79 Å². The topological polar surface area (TPSA) is 50.5 Å². The number of carbonyl (C=O) groups is 1. The van der Waals surface area contributed by atoms with E-state index in [-0.39, 0.29) is 5.91 Å². The Balaban J connectivity index is 1.50. The molecule has 2 aromatic heterocycles. The lowest BCUT2D eigenvalue weighted by atomic mass is 10.2. The molecular formula is C18H18N4OS. The summed E-state index contributed by atoms with van der Waals surface area (Å²) in [7, 11) is 0. The fraction of sp³-hybridized carbons (Fsp3) is 0.278. The molecule has 24 heavy (non-hydrogen) atoms. The van der Waals surface area contributed by atoms with Crippen molar-refractivity contribution in [3.63, 3.8) is 0 Å². The summed E-state index contributed by atoms with van der Waals surface area (Å²) < 4.78 is 1.78. The van der Waals surface area contributed by atoms with Crippen molar-refractivity contribution in [2.45, 2.75) is 17.9 Å². The maximum atomic E-state index is 12.1. The van der Waals surface area contributed by atoms with E-state index in [0.717, 1.165) is 47.9 Å². The monoisotopic (exact) mass is 338 g/mol. The van der Waals surface area contributed by atoms with Crippen molar-refractivity contribution in [1.82, 2.24) is 19.5 Å². The van der Waals surface area contributed by atoms with Crippen molar-refractivity contribution in [3.8, 4) is 11.3 Å². The molecule has 1 aromatic carbocycles. The number of nitrogens with zero attached hydrogens (tertiary/aromatic N) is 4. The number of likely N-dealkylation sites (tertiary alicyclic amines) is 1. The van der Waals surface area contributed by atoms with E-state index in [1.54, 1.807) is 4.52 Å². The molecule has 0 bridgehead atoms. The van der Waals surface area contributed by atoms with Crippen LogP contribution in [0.3, 0.4) is 0 Å². The Morgan fingerprint density at radius 3 is 2.67 bits per heavy atom. The fourth-order valence-corrected chi connectivity index (χ4v) is 3.65. The van der Waals surface area contributed by atoms with Gasteiger partial charge in [0.25, 0.3) is 0 Å². The summed E-state index contributed by atoms with van der Waals surface area (Å²) in [6.07, 6.45) is 4.17. The van der Waals surface area contributed by atoms with Crippen LogP contribution < -0.4 is 0 Å². The van der Waals surface area contributed by atoms with Gasteiger partial charge < -0.3 is 4.90 Å². The summed E-state index contributed by atoms with van der Waals surface area (Å²) in [5, 5.41) is 5.41. The predicted molar refractivity (Wildman–Crippen MR) is 95.0 cm³/mol. The lowest BCUT2D eigenvalue weighted by Gasteiger charge is -2.14. The maximum Gasteiger partial charge on any atom is 0.232 e. The quantitative estimate of drug-likeness (QED) is 0.686. The van der Waals surface area contributed by atoms with Crippen molar-refractivity contribution < 1.29 is 4.79 Å². The molecular weight excluding hydrogens is 320 g/mol. The molecule has 0 radical (unpaired) electrons. The molecule has 0 atom stereocenters. The number of benzene rings is 1. The van der Waals surface area contributed by atoms with E-state index in [4.69, 9.17) is 0 Å². The van der Waals surface area contributed by atoms with Crippen LogP contribution in [0.4, 0.5) is 0 Å². The van der Waals surface area contributed by atoms with Gasteiger partial charge in [0.05, 0.1) is 17.6 Å². The largest absolute Gasteiger partial charge is 0.342 e. The van der Waals surface area contributed by atoms with Crippen molar-refractivity contribution in [1.29, 1.82) is 0 Å². The van der Waals surface area contributed by atoms with Crippen LogP contribution in [0.2, 0.25) is 0 Å². The predicted octanol–water partition coefficient (Wildman–Crippen LogP) is 3.11. The Kier molecular flexibility index (Phi) is 4.21. The zero-order valence-corrected chi connectivity index (χ0v) is 14.1. The van der Waals surface area contributed by atoms with E-state index in [1.807, 2.05) is 53.6 Å². The van der Waals surface area contributed by atoms with Gasteiger partial charge in [-0.05, 0) is 25.0 Å². The van der Waals surface area contributed by atoms with Gasteiger partial charge >= 0.3 is 0 Å². The molecule has 0 N–H and O–H groups in total. The molecule has 0 spiro atoms. The van der Waals surface area contributed by atoms with Gasteiger partial charge in [-0.2, -0.15) is 5.10 Å². The van der Waals surface area contributed by atoms with E-state index in [9.17, 15) is 4.79 Å². The zero-order valence-electron chi connectivity index (χ0n) is 13.3. The van der Waals surface area contributed by atoms with E-state index in [0.29, 0.717) is 5.75 Å². The molecule has 5 nitrogen and oxygen atoms in total. The van der Waals surface area contributed by atoms with Gasteiger partial charge in [-0.25, -0.2) is 9.50 Å². The molecule has 1 amide bonds. The van der Waals surface area contributed by atoms with Crippen LogP contribution in [0.15, 0.2) is 53.7 Å². The van der Waals surface area contributed by atoms with E-state index < -0.39 is 0 Å². The number of amides is 1. The molecule has 1 fully saturated rings. The van der Waals surface area contributed by atoms with E-state index in [1.165, 1.54) is 11.8 Å². The molecule has 1 aliphatic heterocycles. The summed E-state index contributed by atoms with van der Waals surface area (Å²) in [5.41, 5.74) is 2.78. The average molecular weight is 338 g/mol. The van der Waals surface area contributed by atoms with Crippen molar-refractivity contribution in [3.05, 3.63) is 48.7 Å². The van der Waals surface area contributed by atoms with Gasteiger partial charge in [0.15, 0.2) is 5.65 Å². The second-order valence-corrected chi connectivity index (χ2v) is 6.84. The second-order valence-electron chi connectivity index (χ2n) is 5.84. The number of fused-ring (bicyclic) bond motifs is 1. The zero-order chi connectivity index (χ0) is 16.4. The van der Waals surface area contributed by atoms with Gasteiger partial charge in [0.1, 0.15) is 5.03 Å².